The smallest absolute Gasteiger partial charge is 0.223 e. The summed E-state index contributed by atoms with van der Waals surface area (Å²) in [6, 6.07) is 14.3. The normalized spacial score (nSPS) is 14.5. The van der Waals surface area contributed by atoms with Gasteiger partial charge in [0.15, 0.2) is 0 Å². The van der Waals surface area contributed by atoms with Crippen molar-refractivity contribution >= 4 is 11.7 Å². The van der Waals surface area contributed by atoms with E-state index in [9.17, 15) is 13.6 Å². The molecule has 2 heterocycles. The summed E-state index contributed by atoms with van der Waals surface area (Å²) in [5.41, 5.74) is 2.24. The zero-order chi connectivity index (χ0) is 20.9. The van der Waals surface area contributed by atoms with Crippen molar-refractivity contribution in [3.05, 3.63) is 78.1 Å². The Kier molecular flexibility index (Phi) is 5.97. The highest BCUT2D eigenvalue weighted by molar-refractivity contribution is 5.79. The number of halogens is 2. The SMILES string of the molecule is O=C(NCc1ccc(F)cc1)C1CCN(c2cc(-c3cccc(F)c3)ncn2)CC1. The highest BCUT2D eigenvalue weighted by Gasteiger charge is 2.25. The van der Waals surface area contributed by atoms with Crippen LogP contribution in [0.25, 0.3) is 11.3 Å². The second-order valence-corrected chi connectivity index (χ2v) is 7.38. The number of hydrogen-bond donors (Lipinski definition) is 1. The molecule has 1 amide bonds. The van der Waals surface area contributed by atoms with E-state index in [0.29, 0.717) is 43.7 Å². The van der Waals surface area contributed by atoms with Gasteiger partial charge in [-0.1, -0.05) is 24.3 Å². The van der Waals surface area contributed by atoms with E-state index >= 15 is 0 Å². The molecule has 3 aromatic rings. The van der Waals surface area contributed by atoms with E-state index in [4.69, 9.17) is 0 Å². The van der Waals surface area contributed by atoms with Crippen LogP contribution in [0, 0.1) is 17.6 Å². The lowest BCUT2D eigenvalue weighted by Gasteiger charge is -2.32. The van der Waals surface area contributed by atoms with E-state index < -0.39 is 0 Å². The summed E-state index contributed by atoms with van der Waals surface area (Å²) in [4.78, 5) is 23.2. The van der Waals surface area contributed by atoms with Gasteiger partial charge in [0.2, 0.25) is 5.91 Å². The molecular formula is C23H22F2N4O. The monoisotopic (exact) mass is 408 g/mol. The number of nitrogens with zero attached hydrogens (tertiary/aromatic N) is 3. The number of hydrogen-bond acceptors (Lipinski definition) is 4. The number of rotatable bonds is 5. The summed E-state index contributed by atoms with van der Waals surface area (Å²) >= 11 is 0. The number of carbonyl (C=O) groups is 1. The van der Waals surface area contributed by atoms with Crippen LogP contribution in [0.15, 0.2) is 60.9 Å². The molecule has 1 N–H and O–H groups in total. The summed E-state index contributed by atoms with van der Waals surface area (Å²) in [6.07, 6.45) is 2.92. The largest absolute Gasteiger partial charge is 0.356 e. The van der Waals surface area contributed by atoms with Crippen LogP contribution in [0.2, 0.25) is 0 Å². The Morgan fingerprint density at radius 1 is 1.00 bits per heavy atom. The maximum Gasteiger partial charge on any atom is 0.223 e. The Morgan fingerprint density at radius 3 is 2.50 bits per heavy atom. The summed E-state index contributed by atoms with van der Waals surface area (Å²) in [6.45, 7) is 1.80. The Balaban J connectivity index is 1.33. The molecule has 7 heteroatoms. The first-order valence-electron chi connectivity index (χ1n) is 9.93. The molecule has 1 aliphatic heterocycles. The fraction of sp³-hybridized carbons (Fsp3) is 0.261. The lowest BCUT2D eigenvalue weighted by Crippen LogP contribution is -2.40. The van der Waals surface area contributed by atoms with E-state index in [2.05, 4.69) is 20.2 Å². The van der Waals surface area contributed by atoms with Gasteiger partial charge in [0, 0.05) is 37.2 Å². The van der Waals surface area contributed by atoms with Crippen molar-refractivity contribution in [3.63, 3.8) is 0 Å². The van der Waals surface area contributed by atoms with Gasteiger partial charge in [-0.05, 0) is 42.7 Å². The third kappa shape index (κ3) is 4.79. The number of aromatic nitrogens is 2. The summed E-state index contributed by atoms with van der Waals surface area (Å²) in [7, 11) is 0. The molecule has 5 nitrogen and oxygen atoms in total. The third-order valence-corrected chi connectivity index (χ3v) is 5.34. The van der Waals surface area contributed by atoms with Crippen LogP contribution in [-0.4, -0.2) is 29.0 Å². The second kappa shape index (κ2) is 8.98. The molecular weight excluding hydrogens is 386 g/mol. The molecule has 1 saturated heterocycles. The van der Waals surface area contributed by atoms with Crippen molar-refractivity contribution in [2.45, 2.75) is 19.4 Å². The third-order valence-electron chi connectivity index (χ3n) is 5.34. The van der Waals surface area contributed by atoms with Gasteiger partial charge in [0.25, 0.3) is 0 Å². The molecule has 1 aliphatic rings. The second-order valence-electron chi connectivity index (χ2n) is 7.38. The number of piperidine rings is 1. The van der Waals surface area contributed by atoms with Gasteiger partial charge in [-0.25, -0.2) is 18.7 Å². The first kappa shape index (κ1) is 19.9. The predicted octanol–water partition coefficient (Wildman–Crippen LogP) is 3.95. The van der Waals surface area contributed by atoms with Gasteiger partial charge in [-0.2, -0.15) is 0 Å². The van der Waals surface area contributed by atoms with Crippen molar-refractivity contribution in [2.75, 3.05) is 18.0 Å². The van der Waals surface area contributed by atoms with Crippen LogP contribution >= 0.6 is 0 Å². The Labute approximate surface area is 173 Å². The molecule has 0 unspecified atom stereocenters. The zero-order valence-electron chi connectivity index (χ0n) is 16.4. The lowest BCUT2D eigenvalue weighted by atomic mass is 9.95. The summed E-state index contributed by atoms with van der Waals surface area (Å²) < 4.78 is 26.5. The van der Waals surface area contributed by atoms with Gasteiger partial charge in [-0.3, -0.25) is 4.79 Å². The maximum absolute atomic E-state index is 13.5. The van der Waals surface area contributed by atoms with Crippen molar-refractivity contribution in [1.82, 2.24) is 15.3 Å². The average molecular weight is 408 g/mol. The number of benzene rings is 2. The molecule has 0 bridgehead atoms. The van der Waals surface area contributed by atoms with Crippen molar-refractivity contribution < 1.29 is 13.6 Å². The number of carbonyl (C=O) groups excluding carboxylic acids is 1. The fourth-order valence-corrected chi connectivity index (χ4v) is 3.63. The van der Waals surface area contributed by atoms with Crippen LogP contribution in [0.3, 0.4) is 0 Å². The highest BCUT2D eigenvalue weighted by atomic mass is 19.1. The van der Waals surface area contributed by atoms with E-state index in [1.54, 1.807) is 18.2 Å². The van der Waals surface area contributed by atoms with E-state index in [-0.39, 0.29) is 23.5 Å². The van der Waals surface area contributed by atoms with Crippen LogP contribution in [-0.2, 0) is 11.3 Å². The Bertz CT molecular complexity index is 1020. The Morgan fingerprint density at radius 2 is 1.77 bits per heavy atom. The molecule has 4 rings (SSSR count). The first-order valence-corrected chi connectivity index (χ1v) is 9.93. The molecule has 154 valence electrons. The zero-order valence-corrected chi connectivity index (χ0v) is 16.4. The molecule has 2 aromatic carbocycles. The maximum atomic E-state index is 13.5. The van der Waals surface area contributed by atoms with Crippen LogP contribution in [0.4, 0.5) is 14.6 Å². The standard InChI is InChI=1S/C23H22F2N4O/c24-19-6-4-16(5-7-19)14-26-23(30)17-8-10-29(11-9-17)22-13-21(27-15-28-22)18-2-1-3-20(25)12-18/h1-7,12-13,15,17H,8-11,14H2,(H,26,30). The van der Waals surface area contributed by atoms with E-state index in [0.717, 1.165) is 11.4 Å². The van der Waals surface area contributed by atoms with Gasteiger partial charge in [0.1, 0.15) is 23.8 Å². The molecule has 1 fully saturated rings. The van der Waals surface area contributed by atoms with E-state index in [1.165, 1.54) is 30.6 Å². The molecule has 30 heavy (non-hydrogen) atoms. The topological polar surface area (TPSA) is 58.1 Å². The molecule has 0 atom stereocenters. The van der Waals surface area contributed by atoms with Gasteiger partial charge in [-0.15, -0.1) is 0 Å². The minimum Gasteiger partial charge on any atom is -0.356 e. The minimum absolute atomic E-state index is 0.0158. The van der Waals surface area contributed by atoms with Crippen LogP contribution in [0.5, 0.6) is 0 Å². The average Bonchev–Trinajstić information content (AvgIpc) is 2.79. The minimum atomic E-state index is -0.305. The van der Waals surface area contributed by atoms with Crippen molar-refractivity contribution in [2.24, 2.45) is 5.92 Å². The fourth-order valence-electron chi connectivity index (χ4n) is 3.63. The lowest BCUT2D eigenvalue weighted by molar-refractivity contribution is -0.125. The van der Waals surface area contributed by atoms with Gasteiger partial charge < -0.3 is 10.2 Å². The number of nitrogens with one attached hydrogen (secondary N) is 1. The molecule has 0 saturated carbocycles. The van der Waals surface area contributed by atoms with Crippen LogP contribution in [0.1, 0.15) is 18.4 Å². The van der Waals surface area contributed by atoms with Gasteiger partial charge >= 0.3 is 0 Å². The van der Waals surface area contributed by atoms with Crippen molar-refractivity contribution in [1.29, 1.82) is 0 Å². The first-order chi connectivity index (χ1) is 14.6. The molecule has 1 aromatic heterocycles. The summed E-state index contributed by atoms with van der Waals surface area (Å²) in [5.74, 6) is 0.130. The Hall–Kier alpha value is -3.35. The van der Waals surface area contributed by atoms with Crippen molar-refractivity contribution in [3.8, 4) is 11.3 Å². The number of amides is 1. The molecule has 0 aliphatic carbocycles. The van der Waals surface area contributed by atoms with Gasteiger partial charge in [0.05, 0.1) is 5.69 Å². The predicted molar refractivity (Wildman–Crippen MR) is 111 cm³/mol. The summed E-state index contributed by atoms with van der Waals surface area (Å²) in [5, 5.41) is 2.94. The highest BCUT2D eigenvalue weighted by Crippen LogP contribution is 2.25. The van der Waals surface area contributed by atoms with E-state index in [1.807, 2.05) is 12.1 Å². The number of anilines is 1. The molecule has 0 spiro atoms. The molecule has 0 radical (unpaired) electrons. The quantitative estimate of drug-likeness (QED) is 0.695. The van der Waals surface area contributed by atoms with Crippen LogP contribution < -0.4 is 10.2 Å².